The molecule has 0 atom stereocenters. The molecular formula is C18H15N3O2. The zero-order chi connectivity index (χ0) is 16.0. The van der Waals surface area contributed by atoms with Crippen molar-refractivity contribution in [3.8, 4) is 22.7 Å². The Morgan fingerprint density at radius 2 is 2.04 bits per heavy atom. The molecule has 23 heavy (non-hydrogen) atoms. The maximum absolute atomic E-state index is 12.7. The average molecular weight is 305 g/mol. The molecule has 2 aromatic carbocycles. The van der Waals surface area contributed by atoms with Crippen molar-refractivity contribution in [1.82, 2.24) is 14.8 Å². The van der Waals surface area contributed by atoms with Crippen LogP contribution in [-0.2, 0) is 0 Å². The minimum absolute atomic E-state index is 0.145. The number of aromatic amines is 1. The van der Waals surface area contributed by atoms with Crippen LogP contribution in [0, 0.1) is 6.92 Å². The largest absolute Gasteiger partial charge is 0.497 e. The fraction of sp³-hybridized carbons (Fsp3) is 0.111. The summed E-state index contributed by atoms with van der Waals surface area (Å²) in [5, 5.41) is 5.50. The van der Waals surface area contributed by atoms with Gasteiger partial charge in [0.15, 0.2) is 0 Å². The highest BCUT2D eigenvalue weighted by Gasteiger charge is 2.19. The number of nitrogens with zero attached hydrogens (tertiary/aromatic N) is 2. The molecule has 2 aromatic rings. The summed E-state index contributed by atoms with van der Waals surface area (Å²) in [5.74, 6) is 0.689. The Morgan fingerprint density at radius 1 is 1.17 bits per heavy atom. The lowest BCUT2D eigenvalue weighted by atomic mass is 10.1. The summed E-state index contributed by atoms with van der Waals surface area (Å²) < 4.78 is 6.65. The molecule has 2 heterocycles. The van der Waals surface area contributed by atoms with E-state index in [-0.39, 0.29) is 5.56 Å². The van der Waals surface area contributed by atoms with E-state index in [0.29, 0.717) is 22.7 Å². The third-order valence-electron chi connectivity index (χ3n) is 3.98. The molecule has 1 N–H and O–H groups in total. The molecule has 0 unspecified atom stereocenters. The van der Waals surface area contributed by atoms with Gasteiger partial charge in [-0.2, -0.15) is 9.78 Å². The smallest absolute Gasteiger partial charge is 0.282 e. The lowest BCUT2D eigenvalue weighted by Gasteiger charge is -2.04. The molecule has 114 valence electrons. The second-order valence-corrected chi connectivity index (χ2v) is 5.52. The number of hydrogen-bond donors (Lipinski definition) is 1. The van der Waals surface area contributed by atoms with Crippen LogP contribution in [0.25, 0.3) is 27.8 Å². The van der Waals surface area contributed by atoms with Gasteiger partial charge in [0.05, 0.1) is 18.4 Å². The van der Waals surface area contributed by atoms with Gasteiger partial charge in [-0.25, -0.2) is 0 Å². The molecule has 2 aliphatic heterocycles. The Bertz CT molecular complexity index is 1050. The predicted octanol–water partition coefficient (Wildman–Crippen LogP) is 3.14. The molecule has 2 aliphatic rings. The van der Waals surface area contributed by atoms with Gasteiger partial charge in [-0.05, 0) is 31.2 Å². The topological polar surface area (TPSA) is 59.9 Å². The Kier molecular flexibility index (Phi) is 2.94. The monoisotopic (exact) mass is 305 g/mol. The molecular weight excluding hydrogens is 290 g/mol. The van der Waals surface area contributed by atoms with Gasteiger partial charge in [-0.1, -0.05) is 17.7 Å². The van der Waals surface area contributed by atoms with E-state index in [1.165, 1.54) is 4.68 Å². The first-order valence-electron chi connectivity index (χ1n) is 7.32. The molecule has 0 spiro atoms. The second kappa shape index (κ2) is 4.98. The Balaban J connectivity index is 2.03. The van der Waals surface area contributed by atoms with E-state index in [0.717, 1.165) is 16.5 Å². The van der Waals surface area contributed by atoms with Crippen LogP contribution in [0.3, 0.4) is 0 Å². The first-order chi connectivity index (χ1) is 11.2. The molecule has 0 saturated carbocycles. The second-order valence-electron chi connectivity index (χ2n) is 5.52. The highest BCUT2D eigenvalue weighted by atomic mass is 16.5. The molecule has 0 fully saturated rings. The third kappa shape index (κ3) is 2.09. The number of fused-ring (bicyclic) bond motifs is 3. The SMILES string of the molecule is COc1cccc(-n2nc3c4cc(C)ccc4[nH]cc-3c2=O)c1. The average Bonchev–Trinajstić information content (AvgIpc) is 2.92. The summed E-state index contributed by atoms with van der Waals surface area (Å²) in [5.41, 5.74) is 3.90. The number of rotatable bonds is 2. The number of ether oxygens (including phenoxy) is 1. The molecule has 0 aliphatic carbocycles. The van der Waals surface area contributed by atoms with Gasteiger partial charge < -0.3 is 9.72 Å². The molecule has 5 heteroatoms. The van der Waals surface area contributed by atoms with Crippen molar-refractivity contribution in [3.05, 3.63) is 64.6 Å². The van der Waals surface area contributed by atoms with Gasteiger partial charge in [-0.15, -0.1) is 0 Å². The van der Waals surface area contributed by atoms with Crippen LogP contribution >= 0.6 is 0 Å². The lowest BCUT2D eigenvalue weighted by molar-refractivity contribution is 0.414. The van der Waals surface area contributed by atoms with Gasteiger partial charge >= 0.3 is 0 Å². The van der Waals surface area contributed by atoms with Crippen LogP contribution in [0.1, 0.15) is 5.56 Å². The van der Waals surface area contributed by atoms with Crippen LogP contribution in [0.5, 0.6) is 5.75 Å². The van der Waals surface area contributed by atoms with Gasteiger partial charge in [-0.3, -0.25) is 4.79 Å². The predicted molar refractivity (Wildman–Crippen MR) is 89.6 cm³/mol. The maximum Gasteiger partial charge on any atom is 0.282 e. The number of nitrogens with one attached hydrogen (secondary N) is 1. The number of pyridine rings is 1. The summed E-state index contributed by atoms with van der Waals surface area (Å²) in [7, 11) is 1.60. The number of aryl methyl sites for hydroxylation is 1. The zero-order valence-corrected chi connectivity index (χ0v) is 12.8. The molecule has 4 rings (SSSR count). The van der Waals surface area contributed by atoms with Crippen molar-refractivity contribution in [2.75, 3.05) is 7.11 Å². The molecule has 0 aromatic heterocycles. The van der Waals surface area contributed by atoms with E-state index in [4.69, 9.17) is 4.74 Å². The van der Waals surface area contributed by atoms with Crippen molar-refractivity contribution >= 4 is 10.9 Å². The van der Waals surface area contributed by atoms with Crippen LogP contribution in [-0.4, -0.2) is 21.9 Å². The number of benzene rings is 2. The number of hydrogen-bond acceptors (Lipinski definition) is 3. The first kappa shape index (κ1) is 13.6. The molecule has 0 radical (unpaired) electrons. The van der Waals surface area contributed by atoms with Gasteiger partial charge in [0, 0.05) is 23.2 Å². The summed E-state index contributed by atoms with van der Waals surface area (Å²) in [6, 6.07) is 13.4. The standard InChI is InChI=1S/C18H15N3O2/c1-11-6-7-16-14(8-11)17-15(10-19-16)18(22)21(20-17)12-4-3-5-13(9-12)23-2/h3-10,19H,1-2H3. The highest BCUT2D eigenvalue weighted by molar-refractivity contribution is 5.93. The lowest BCUT2D eigenvalue weighted by Crippen LogP contribution is -2.14. The minimum atomic E-state index is -0.145. The quantitative estimate of drug-likeness (QED) is 0.619. The third-order valence-corrected chi connectivity index (χ3v) is 3.98. The number of methoxy groups -OCH3 is 1. The van der Waals surface area contributed by atoms with E-state index in [2.05, 4.69) is 10.1 Å². The highest BCUT2D eigenvalue weighted by Crippen LogP contribution is 2.27. The van der Waals surface area contributed by atoms with Crippen LogP contribution < -0.4 is 10.3 Å². The van der Waals surface area contributed by atoms with Crippen LogP contribution in [0.2, 0.25) is 0 Å². The number of H-pyrrole nitrogens is 1. The van der Waals surface area contributed by atoms with Crippen molar-refractivity contribution in [1.29, 1.82) is 0 Å². The Morgan fingerprint density at radius 3 is 2.87 bits per heavy atom. The van der Waals surface area contributed by atoms with E-state index in [1.54, 1.807) is 19.4 Å². The van der Waals surface area contributed by atoms with E-state index >= 15 is 0 Å². The summed E-state index contributed by atoms with van der Waals surface area (Å²) in [4.78, 5) is 15.9. The minimum Gasteiger partial charge on any atom is -0.497 e. The Hall–Kier alpha value is -3.08. The van der Waals surface area contributed by atoms with Crippen LogP contribution in [0.15, 0.2) is 53.5 Å². The fourth-order valence-corrected chi connectivity index (χ4v) is 2.79. The molecule has 0 saturated heterocycles. The van der Waals surface area contributed by atoms with Crippen molar-refractivity contribution in [2.45, 2.75) is 6.92 Å². The normalized spacial score (nSPS) is 11.2. The zero-order valence-electron chi connectivity index (χ0n) is 12.8. The molecule has 5 nitrogen and oxygen atoms in total. The Labute approximate surface area is 132 Å². The van der Waals surface area contributed by atoms with E-state index in [9.17, 15) is 4.79 Å². The summed E-state index contributed by atoms with van der Waals surface area (Å²) in [6.45, 7) is 2.02. The van der Waals surface area contributed by atoms with Crippen molar-refractivity contribution < 1.29 is 4.74 Å². The first-order valence-corrected chi connectivity index (χ1v) is 7.32. The maximum atomic E-state index is 12.7. The van der Waals surface area contributed by atoms with Gasteiger partial charge in [0.2, 0.25) is 0 Å². The van der Waals surface area contributed by atoms with Crippen molar-refractivity contribution in [3.63, 3.8) is 0 Å². The van der Waals surface area contributed by atoms with E-state index in [1.807, 2.05) is 43.3 Å². The van der Waals surface area contributed by atoms with Crippen molar-refractivity contribution in [2.24, 2.45) is 0 Å². The fourth-order valence-electron chi connectivity index (χ4n) is 2.79. The molecule has 0 bridgehead atoms. The summed E-state index contributed by atoms with van der Waals surface area (Å²) >= 11 is 0. The summed E-state index contributed by atoms with van der Waals surface area (Å²) in [6.07, 6.45) is 1.72. The van der Waals surface area contributed by atoms with Crippen LogP contribution in [0.4, 0.5) is 0 Å². The van der Waals surface area contributed by atoms with Gasteiger partial charge in [0.1, 0.15) is 11.4 Å². The van der Waals surface area contributed by atoms with Gasteiger partial charge in [0.25, 0.3) is 5.56 Å². The molecule has 0 amide bonds. The number of aromatic nitrogens is 3. The van der Waals surface area contributed by atoms with E-state index < -0.39 is 0 Å².